The van der Waals surface area contributed by atoms with E-state index in [1.54, 1.807) is 48.5 Å². The van der Waals surface area contributed by atoms with Crippen LogP contribution in [0.4, 0.5) is 10.2 Å². The first kappa shape index (κ1) is 17.6. The number of anilines is 1. The molecule has 1 saturated heterocycles. The summed E-state index contributed by atoms with van der Waals surface area (Å²) in [7, 11) is 0. The second-order valence-electron chi connectivity index (χ2n) is 6.27. The molecular weight excluding hydrogens is 359 g/mol. The fraction of sp³-hybridized carbons (Fsp3) is 0.0455. The van der Waals surface area contributed by atoms with Crippen molar-refractivity contribution in [3.05, 3.63) is 102 Å². The average molecular weight is 374 g/mol. The van der Waals surface area contributed by atoms with Gasteiger partial charge in [-0.25, -0.2) is 9.37 Å². The van der Waals surface area contributed by atoms with E-state index in [4.69, 9.17) is 0 Å². The van der Waals surface area contributed by atoms with Gasteiger partial charge in [-0.15, -0.1) is 0 Å². The van der Waals surface area contributed by atoms with Gasteiger partial charge in [-0.05, 0) is 29.8 Å². The molecular formula is C22H15FN2O3. The Labute approximate surface area is 160 Å². The van der Waals surface area contributed by atoms with E-state index in [1.165, 1.54) is 35.4 Å². The van der Waals surface area contributed by atoms with E-state index in [9.17, 15) is 19.1 Å². The predicted molar refractivity (Wildman–Crippen MR) is 102 cm³/mol. The molecule has 1 N–H and O–H groups in total. The van der Waals surface area contributed by atoms with Gasteiger partial charge in [-0.2, -0.15) is 0 Å². The maximum atomic E-state index is 13.4. The van der Waals surface area contributed by atoms with Gasteiger partial charge >= 0.3 is 5.91 Å². The molecule has 5 nitrogen and oxygen atoms in total. The second-order valence-corrected chi connectivity index (χ2v) is 6.27. The van der Waals surface area contributed by atoms with E-state index < -0.39 is 23.5 Å². The van der Waals surface area contributed by atoms with Gasteiger partial charge in [0.1, 0.15) is 17.4 Å². The third-order valence-corrected chi connectivity index (χ3v) is 4.57. The number of nitrogens with zero attached hydrogens (tertiary/aromatic N) is 2. The Morgan fingerprint density at radius 1 is 0.929 bits per heavy atom. The summed E-state index contributed by atoms with van der Waals surface area (Å²) in [6.45, 7) is 0. The molecule has 138 valence electrons. The number of hydrogen-bond donors (Lipinski definition) is 1. The van der Waals surface area contributed by atoms with E-state index >= 15 is 0 Å². The van der Waals surface area contributed by atoms with Crippen LogP contribution < -0.4 is 4.90 Å². The van der Waals surface area contributed by atoms with Crippen LogP contribution in [0.2, 0.25) is 0 Å². The average Bonchev–Trinajstić information content (AvgIpc) is 3.00. The molecule has 0 bridgehead atoms. The van der Waals surface area contributed by atoms with Crippen molar-refractivity contribution < 1.29 is 19.1 Å². The van der Waals surface area contributed by atoms with Crippen LogP contribution in [-0.2, 0) is 9.59 Å². The lowest BCUT2D eigenvalue weighted by Gasteiger charge is -2.24. The number of carbonyl (C=O) groups is 2. The molecule has 1 unspecified atom stereocenters. The number of amides is 1. The number of rotatable bonds is 3. The number of aliphatic hydroxyl groups excluding tert-OH is 1. The van der Waals surface area contributed by atoms with E-state index in [1.807, 2.05) is 0 Å². The van der Waals surface area contributed by atoms with Crippen molar-refractivity contribution in [3.63, 3.8) is 0 Å². The Balaban J connectivity index is 1.95. The van der Waals surface area contributed by atoms with Gasteiger partial charge in [0.2, 0.25) is 0 Å². The first-order valence-corrected chi connectivity index (χ1v) is 8.61. The number of hydrogen-bond acceptors (Lipinski definition) is 4. The molecule has 28 heavy (non-hydrogen) atoms. The summed E-state index contributed by atoms with van der Waals surface area (Å²) < 4.78 is 13.4. The maximum Gasteiger partial charge on any atom is 0.301 e. The number of benzene rings is 2. The summed E-state index contributed by atoms with van der Waals surface area (Å²) in [5, 5.41) is 10.8. The minimum absolute atomic E-state index is 0.0616. The largest absolute Gasteiger partial charge is 0.507 e. The third kappa shape index (κ3) is 2.95. The standard InChI is InChI=1S/C22H15FN2O3/c23-16-11-9-14(10-12-16)19-18(20(26)15-6-2-1-3-7-15)21(27)22(28)25(19)17-8-4-5-13-24-17/h1-13,19,26H/b20-18-. The van der Waals surface area contributed by atoms with Gasteiger partial charge in [-0.1, -0.05) is 48.5 Å². The lowest BCUT2D eigenvalue weighted by molar-refractivity contribution is -0.132. The fourth-order valence-corrected chi connectivity index (χ4v) is 3.28. The molecule has 6 heteroatoms. The van der Waals surface area contributed by atoms with Crippen LogP contribution >= 0.6 is 0 Å². The van der Waals surface area contributed by atoms with Crippen molar-refractivity contribution >= 4 is 23.3 Å². The molecule has 2 aromatic carbocycles. The number of ketones is 1. The minimum atomic E-state index is -0.921. The summed E-state index contributed by atoms with van der Waals surface area (Å²) in [6, 6.07) is 18.0. The minimum Gasteiger partial charge on any atom is -0.507 e. The summed E-state index contributed by atoms with van der Waals surface area (Å²) in [5.74, 6) is -2.08. The number of carbonyl (C=O) groups excluding carboxylic acids is 2. The fourth-order valence-electron chi connectivity index (χ4n) is 3.28. The number of aromatic nitrogens is 1. The van der Waals surface area contributed by atoms with Crippen LogP contribution in [0.5, 0.6) is 0 Å². The van der Waals surface area contributed by atoms with Crippen molar-refractivity contribution in [1.82, 2.24) is 4.98 Å². The molecule has 1 atom stereocenters. The Kier molecular flexibility index (Phi) is 4.45. The van der Waals surface area contributed by atoms with Gasteiger partial charge in [0.25, 0.3) is 5.78 Å². The van der Waals surface area contributed by atoms with Crippen LogP contribution in [0.25, 0.3) is 5.76 Å². The Morgan fingerprint density at radius 2 is 1.61 bits per heavy atom. The van der Waals surface area contributed by atoms with Crippen molar-refractivity contribution in [3.8, 4) is 0 Å². The molecule has 0 spiro atoms. The summed E-state index contributed by atoms with van der Waals surface area (Å²) in [6.07, 6.45) is 1.51. The van der Waals surface area contributed by atoms with E-state index in [0.29, 0.717) is 11.1 Å². The van der Waals surface area contributed by atoms with Crippen LogP contribution in [0, 0.1) is 5.82 Å². The highest BCUT2D eigenvalue weighted by atomic mass is 19.1. The highest BCUT2D eigenvalue weighted by Crippen LogP contribution is 2.41. The zero-order valence-electron chi connectivity index (χ0n) is 14.6. The Morgan fingerprint density at radius 3 is 2.25 bits per heavy atom. The van der Waals surface area contributed by atoms with Crippen LogP contribution in [0.3, 0.4) is 0 Å². The maximum absolute atomic E-state index is 13.4. The first-order valence-electron chi connectivity index (χ1n) is 8.61. The van der Waals surface area contributed by atoms with Crippen molar-refractivity contribution in [2.75, 3.05) is 4.90 Å². The molecule has 0 aliphatic carbocycles. The van der Waals surface area contributed by atoms with Gasteiger partial charge in [0.05, 0.1) is 11.6 Å². The van der Waals surface area contributed by atoms with Crippen LogP contribution in [0.15, 0.2) is 84.6 Å². The quantitative estimate of drug-likeness (QED) is 0.430. The number of aliphatic hydroxyl groups is 1. The van der Waals surface area contributed by atoms with Crippen molar-refractivity contribution in [1.29, 1.82) is 0 Å². The molecule has 1 aromatic heterocycles. The number of pyridine rings is 1. The first-order chi connectivity index (χ1) is 13.6. The molecule has 1 amide bonds. The smallest absolute Gasteiger partial charge is 0.301 e. The van der Waals surface area contributed by atoms with Crippen LogP contribution in [-0.4, -0.2) is 21.8 Å². The summed E-state index contributed by atoms with van der Waals surface area (Å²) in [4.78, 5) is 31.1. The summed E-state index contributed by atoms with van der Waals surface area (Å²) >= 11 is 0. The molecule has 4 rings (SSSR count). The highest BCUT2D eigenvalue weighted by molar-refractivity contribution is 6.51. The number of halogens is 1. The Bertz CT molecular complexity index is 1060. The molecule has 1 aliphatic heterocycles. The molecule has 2 heterocycles. The van der Waals surface area contributed by atoms with Gasteiger partial charge < -0.3 is 5.11 Å². The van der Waals surface area contributed by atoms with E-state index in [2.05, 4.69) is 4.98 Å². The number of Topliss-reactive ketones (excluding diaryl/α,β-unsaturated/α-hetero) is 1. The molecule has 1 aliphatic rings. The van der Waals surface area contributed by atoms with E-state index in [-0.39, 0.29) is 17.2 Å². The van der Waals surface area contributed by atoms with Crippen molar-refractivity contribution in [2.45, 2.75) is 6.04 Å². The molecule has 3 aromatic rings. The monoisotopic (exact) mass is 374 g/mol. The van der Waals surface area contributed by atoms with Gasteiger partial charge in [-0.3, -0.25) is 14.5 Å². The zero-order chi connectivity index (χ0) is 19.7. The lowest BCUT2D eigenvalue weighted by atomic mass is 9.95. The zero-order valence-corrected chi connectivity index (χ0v) is 14.6. The van der Waals surface area contributed by atoms with Crippen LogP contribution in [0.1, 0.15) is 17.2 Å². The molecule has 0 saturated carbocycles. The Hall–Kier alpha value is -3.80. The third-order valence-electron chi connectivity index (χ3n) is 4.57. The SMILES string of the molecule is O=C1C(=O)N(c2ccccn2)C(c2ccc(F)cc2)/C1=C(/O)c1ccccc1. The van der Waals surface area contributed by atoms with Gasteiger partial charge in [0.15, 0.2) is 0 Å². The van der Waals surface area contributed by atoms with Crippen molar-refractivity contribution in [2.24, 2.45) is 0 Å². The van der Waals surface area contributed by atoms with E-state index in [0.717, 1.165) is 0 Å². The molecule has 0 radical (unpaired) electrons. The molecule has 1 fully saturated rings. The lowest BCUT2D eigenvalue weighted by Crippen LogP contribution is -2.30. The topological polar surface area (TPSA) is 70.5 Å². The summed E-state index contributed by atoms with van der Waals surface area (Å²) in [5.41, 5.74) is 0.839. The van der Waals surface area contributed by atoms with Gasteiger partial charge in [0, 0.05) is 11.8 Å². The normalized spacial score (nSPS) is 18.5. The highest BCUT2D eigenvalue weighted by Gasteiger charge is 2.47. The second kappa shape index (κ2) is 7.08. The predicted octanol–water partition coefficient (Wildman–Crippen LogP) is 3.85.